The van der Waals surface area contributed by atoms with Crippen LogP contribution < -0.4 is 10.1 Å². The van der Waals surface area contributed by atoms with Gasteiger partial charge in [0.15, 0.2) is 0 Å². The Hall–Kier alpha value is -1.48. The molecule has 0 bridgehead atoms. The largest absolute Gasteiger partial charge is 0.495 e. The van der Waals surface area contributed by atoms with Crippen LogP contribution in [0.2, 0.25) is 0 Å². The molecule has 1 aromatic rings. The van der Waals surface area contributed by atoms with Crippen molar-refractivity contribution in [3.05, 3.63) is 23.3 Å². The van der Waals surface area contributed by atoms with E-state index in [-0.39, 0.29) is 29.9 Å². The van der Waals surface area contributed by atoms with Crippen LogP contribution in [0.25, 0.3) is 0 Å². The molecule has 1 amide bonds. The van der Waals surface area contributed by atoms with E-state index in [9.17, 15) is 26.4 Å². The molecule has 10 heteroatoms. The number of rotatable bonds is 3. The summed E-state index contributed by atoms with van der Waals surface area (Å²) in [5, 5.41) is 1.91. The molecular formula is C13H13ClF3NO4S. The lowest BCUT2D eigenvalue weighted by molar-refractivity contribution is -0.174. The second-order valence-corrected chi connectivity index (χ2v) is 7.59. The maximum atomic E-state index is 12.3. The van der Waals surface area contributed by atoms with Gasteiger partial charge in [-0.25, -0.2) is 8.42 Å². The van der Waals surface area contributed by atoms with Crippen molar-refractivity contribution in [1.82, 2.24) is 5.32 Å². The van der Waals surface area contributed by atoms with Gasteiger partial charge in [0.1, 0.15) is 10.6 Å². The fourth-order valence-corrected chi connectivity index (χ4v) is 4.04. The Morgan fingerprint density at radius 2 is 2.04 bits per heavy atom. The Labute approximate surface area is 135 Å². The average molecular weight is 372 g/mol. The first-order chi connectivity index (χ1) is 10.5. The summed E-state index contributed by atoms with van der Waals surface area (Å²) < 4.78 is 65.4. The van der Waals surface area contributed by atoms with Crippen molar-refractivity contribution in [3.63, 3.8) is 0 Å². The molecular weight excluding hydrogens is 359 g/mol. The van der Waals surface area contributed by atoms with Crippen LogP contribution in [0.1, 0.15) is 17.5 Å². The first-order valence-electron chi connectivity index (χ1n) is 6.55. The van der Waals surface area contributed by atoms with Crippen LogP contribution in [0, 0.1) is 0 Å². The van der Waals surface area contributed by atoms with Gasteiger partial charge in [0, 0.05) is 16.7 Å². The number of methoxy groups -OCH3 is 1. The number of amides is 1. The van der Waals surface area contributed by atoms with Gasteiger partial charge in [-0.2, -0.15) is 13.2 Å². The number of nitrogens with one attached hydrogen (secondary N) is 1. The molecule has 0 aromatic heterocycles. The van der Waals surface area contributed by atoms with Crippen molar-refractivity contribution < 1.29 is 31.1 Å². The maximum absolute atomic E-state index is 12.3. The van der Waals surface area contributed by atoms with Gasteiger partial charge in [-0.1, -0.05) is 6.07 Å². The minimum absolute atomic E-state index is 0.0801. The molecule has 0 saturated heterocycles. The molecule has 1 aliphatic carbocycles. The minimum atomic E-state index is -4.95. The fourth-order valence-electron chi connectivity index (χ4n) is 2.62. The molecule has 0 heterocycles. The zero-order valence-corrected chi connectivity index (χ0v) is 13.5. The lowest BCUT2D eigenvalue weighted by atomic mass is 9.88. The third-order valence-corrected chi connectivity index (χ3v) is 4.99. The fraction of sp³-hybridized carbons (Fsp3) is 0.462. The van der Waals surface area contributed by atoms with Crippen molar-refractivity contribution in [2.75, 3.05) is 7.11 Å². The molecule has 1 atom stereocenters. The van der Waals surface area contributed by atoms with Gasteiger partial charge in [-0.3, -0.25) is 4.79 Å². The first-order valence-corrected chi connectivity index (χ1v) is 8.86. The number of fused-ring (bicyclic) bond motifs is 1. The molecule has 0 spiro atoms. The summed E-state index contributed by atoms with van der Waals surface area (Å²) in [5.41, 5.74) is 0.931. The van der Waals surface area contributed by atoms with Crippen LogP contribution in [0.3, 0.4) is 0 Å². The van der Waals surface area contributed by atoms with E-state index in [1.54, 1.807) is 6.07 Å². The Bertz CT molecular complexity index is 733. The molecule has 128 valence electrons. The van der Waals surface area contributed by atoms with Crippen molar-refractivity contribution in [2.24, 2.45) is 0 Å². The number of halogens is 4. The number of carbonyl (C=O) groups excluding carboxylic acids is 1. The van der Waals surface area contributed by atoms with Gasteiger partial charge in [0.05, 0.1) is 7.11 Å². The third kappa shape index (κ3) is 3.89. The van der Waals surface area contributed by atoms with Gasteiger partial charge in [-0.05, 0) is 36.5 Å². The topological polar surface area (TPSA) is 72.5 Å². The lowest BCUT2D eigenvalue weighted by Gasteiger charge is -2.27. The van der Waals surface area contributed by atoms with Crippen LogP contribution in [0.5, 0.6) is 5.75 Å². The number of benzene rings is 1. The predicted molar refractivity (Wildman–Crippen MR) is 76.0 cm³/mol. The Kier molecular flexibility index (Phi) is 4.81. The van der Waals surface area contributed by atoms with E-state index in [4.69, 9.17) is 15.4 Å². The number of carbonyl (C=O) groups is 1. The minimum Gasteiger partial charge on any atom is -0.495 e. The van der Waals surface area contributed by atoms with Crippen molar-refractivity contribution in [1.29, 1.82) is 0 Å². The van der Waals surface area contributed by atoms with Crippen LogP contribution in [-0.4, -0.2) is 33.7 Å². The SMILES string of the molecule is COc1ccc2c(c1S(=O)(=O)Cl)CCC(NC(=O)C(F)(F)F)C2. The number of alkyl halides is 3. The zero-order valence-electron chi connectivity index (χ0n) is 11.9. The van der Waals surface area contributed by atoms with E-state index in [0.717, 1.165) is 0 Å². The van der Waals surface area contributed by atoms with E-state index in [2.05, 4.69) is 0 Å². The Morgan fingerprint density at radius 3 is 2.57 bits per heavy atom. The molecule has 5 nitrogen and oxygen atoms in total. The van der Waals surface area contributed by atoms with Crippen LogP contribution in [0.4, 0.5) is 13.2 Å². The van der Waals surface area contributed by atoms with E-state index < -0.39 is 27.2 Å². The highest BCUT2D eigenvalue weighted by molar-refractivity contribution is 8.13. The van der Waals surface area contributed by atoms with Crippen LogP contribution >= 0.6 is 10.7 Å². The van der Waals surface area contributed by atoms with Gasteiger partial charge >= 0.3 is 12.1 Å². The van der Waals surface area contributed by atoms with E-state index in [0.29, 0.717) is 11.1 Å². The second kappa shape index (κ2) is 6.20. The normalized spacial score (nSPS) is 18.2. The van der Waals surface area contributed by atoms with Gasteiger partial charge in [-0.15, -0.1) is 0 Å². The predicted octanol–water partition coefficient (Wildman–Crippen LogP) is 2.16. The van der Waals surface area contributed by atoms with E-state index in [1.807, 2.05) is 5.32 Å². The number of hydrogen-bond acceptors (Lipinski definition) is 4. The van der Waals surface area contributed by atoms with E-state index >= 15 is 0 Å². The van der Waals surface area contributed by atoms with Gasteiger partial charge in [0.25, 0.3) is 9.05 Å². The summed E-state index contributed by atoms with van der Waals surface area (Å²) in [6, 6.07) is 2.23. The summed E-state index contributed by atoms with van der Waals surface area (Å²) in [6.45, 7) is 0. The summed E-state index contributed by atoms with van der Waals surface area (Å²) in [6.07, 6.45) is -4.54. The van der Waals surface area contributed by atoms with Gasteiger partial charge in [0.2, 0.25) is 0 Å². The molecule has 1 aliphatic rings. The third-order valence-electron chi connectivity index (χ3n) is 3.59. The summed E-state index contributed by atoms with van der Waals surface area (Å²) >= 11 is 0. The second-order valence-electron chi connectivity index (χ2n) is 5.08. The van der Waals surface area contributed by atoms with Crippen molar-refractivity contribution in [3.8, 4) is 5.75 Å². The van der Waals surface area contributed by atoms with Gasteiger partial charge < -0.3 is 10.1 Å². The van der Waals surface area contributed by atoms with Crippen LogP contribution in [-0.2, 0) is 26.7 Å². The molecule has 23 heavy (non-hydrogen) atoms. The molecule has 2 rings (SSSR count). The highest BCUT2D eigenvalue weighted by Gasteiger charge is 2.40. The first kappa shape index (κ1) is 17.9. The highest BCUT2D eigenvalue weighted by Crippen LogP contribution is 2.36. The number of ether oxygens (including phenoxy) is 1. The molecule has 1 N–H and O–H groups in total. The molecule has 0 fully saturated rings. The van der Waals surface area contributed by atoms with Crippen molar-refractivity contribution >= 4 is 25.6 Å². The molecule has 0 saturated carbocycles. The zero-order chi connectivity index (χ0) is 17.4. The molecule has 1 unspecified atom stereocenters. The monoisotopic (exact) mass is 371 g/mol. The lowest BCUT2D eigenvalue weighted by Crippen LogP contribution is -2.45. The molecule has 0 radical (unpaired) electrons. The standard InChI is InChI=1S/C13H13ClF3NO4S/c1-22-10-5-2-7-6-8(18-12(19)13(15,16)17)3-4-9(7)11(10)23(14,20)21/h2,5,8H,3-4,6H2,1H3,(H,18,19). The van der Waals surface area contributed by atoms with E-state index in [1.165, 1.54) is 13.2 Å². The average Bonchev–Trinajstić information content (AvgIpc) is 2.43. The summed E-state index contributed by atoms with van der Waals surface area (Å²) in [4.78, 5) is 10.8. The molecule has 1 aromatic carbocycles. The smallest absolute Gasteiger partial charge is 0.471 e. The Balaban J connectivity index is 2.32. The van der Waals surface area contributed by atoms with Crippen molar-refractivity contribution in [2.45, 2.75) is 36.4 Å². The summed E-state index contributed by atoms with van der Waals surface area (Å²) in [7, 11) is 2.66. The number of hydrogen-bond donors (Lipinski definition) is 1. The molecule has 0 aliphatic heterocycles. The Morgan fingerprint density at radius 1 is 1.39 bits per heavy atom. The maximum Gasteiger partial charge on any atom is 0.471 e. The quantitative estimate of drug-likeness (QED) is 0.826. The highest BCUT2D eigenvalue weighted by atomic mass is 35.7. The van der Waals surface area contributed by atoms with Crippen LogP contribution in [0.15, 0.2) is 17.0 Å². The summed E-state index contributed by atoms with van der Waals surface area (Å²) in [5.74, 6) is -1.93.